The number of likely N-dealkylation sites (tertiary alicyclic amines) is 1. The quantitative estimate of drug-likeness (QED) is 0.290. The zero-order valence-corrected chi connectivity index (χ0v) is 21.4. The predicted octanol–water partition coefficient (Wildman–Crippen LogP) is 6.64. The number of ether oxygens (including phenoxy) is 2. The highest BCUT2D eigenvalue weighted by Gasteiger charge is 2.20. The van der Waals surface area contributed by atoms with Gasteiger partial charge in [0.25, 0.3) is 0 Å². The van der Waals surface area contributed by atoms with Crippen LogP contribution in [-0.4, -0.2) is 41.1 Å². The summed E-state index contributed by atoms with van der Waals surface area (Å²) in [5.41, 5.74) is 2.28. The lowest BCUT2D eigenvalue weighted by Crippen LogP contribution is -2.35. The van der Waals surface area contributed by atoms with Crippen LogP contribution in [0.4, 0.5) is 15.9 Å². The Balaban J connectivity index is 0.00000304. The van der Waals surface area contributed by atoms with Gasteiger partial charge >= 0.3 is 0 Å². The molecule has 3 aromatic carbocycles. The molecule has 1 aliphatic rings. The summed E-state index contributed by atoms with van der Waals surface area (Å²) < 4.78 is 25.6. The number of hydrogen-bond donors (Lipinski definition) is 1. The molecule has 9 heteroatoms. The van der Waals surface area contributed by atoms with Crippen molar-refractivity contribution in [3.8, 4) is 11.5 Å². The Labute approximate surface area is 220 Å². The lowest BCUT2D eigenvalue weighted by molar-refractivity contribution is 0.116. The molecular formula is C27H27Cl2FN4O2. The molecule has 0 radical (unpaired) electrons. The maximum Gasteiger partial charge on any atom is 0.145 e. The van der Waals surface area contributed by atoms with Gasteiger partial charge in [0.2, 0.25) is 0 Å². The molecular weight excluding hydrogens is 502 g/mol. The molecule has 1 aromatic heterocycles. The van der Waals surface area contributed by atoms with E-state index in [-0.39, 0.29) is 30.9 Å². The van der Waals surface area contributed by atoms with E-state index < -0.39 is 0 Å². The second kappa shape index (κ2) is 11.7. The van der Waals surface area contributed by atoms with Crippen molar-refractivity contribution < 1.29 is 13.9 Å². The van der Waals surface area contributed by atoms with Crippen molar-refractivity contribution in [2.45, 2.75) is 25.6 Å². The number of rotatable bonds is 7. The van der Waals surface area contributed by atoms with Gasteiger partial charge in [-0.05, 0) is 67.9 Å². The van der Waals surface area contributed by atoms with Crippen LogP contribution in [-0.2, 0) is 6.61 Å². The molecule has 0 aliphatic carbocycles. The molecule has 0 atom stereocenters. The van der Waals surface area contributed by atoms with Crippen LogP contribution in [0.2, 0.25) is 5.02 Å². The molecule has 6 nitrogen and oxygen atoms in total. The van der Waals surface area contributed by atoms with Crippen molar-refractivity contribution in [2.75, 3.05) is 25.5 Å². The smallest absolute Gasteiger partial charge is 0.145 e. The lowest BCUT2D eigenvalue weighted by Gasteiger charge is -2.29. The molecule has 4 aromatic rings. The molecule has 0 amide bonds. The number of piperidine rings is 1. The van der Waals surface area contributed by atoms with E-state index in [1.54, 1.807) is 24.3 Å². The van der Waals surface area contributed by atoms with Crippen LogP contribution >= 0.6 is 24.0 Å². The Hall–Kier alpha value is -3.13. The van der Waals surface area contributed by atoms with E-state index in [0.29, 0.717) is 16.6 Å². The Morgan fingerprint density at radius 1 is 1.03 bits per heavy atom. The fourth-order valence-corrected chi connectivity index (χ4v) is 4.41. The molecule has 1 aliphatic heterocycles. The van der Waals surface area contributed by atoms with Crippen molar-refractivity contribution in [1.29, 1.82) is 0 Å². The topological polar surface area (TPSA) is 59.5 Å². The highest BCUT2D eigenvalue weighted by molar-refractivity contribution is 6.32. The molecule has 36 heavy (non-hydrogen) atoms. The zero-order valence-electron chi connectivity index (χ0n) is 19.8. The van der Waals surface area contributed by atoms with Gasteiger partial charge in [-0.1, -0.05) is 29.8 Å². The fourth-order valence-electron chi connectivity index (χ4n) is 4.17. The van der Waals surface area contributed by atoms with Crippen LogP contribution in [0, 0.1) is 5.82 Å². The first-order valence-corrected chi connectivity index (χ1v) is 12.0. The van der Waals surface area contributed by atoms with Crippen molar-refractivity contribution in [3.63, 3.8) is 0 Å². The van der Waals surface area contributed by atoms with Gasteiger partial charge < -0.3 is 19.7 Å². The second-order valence-electron chi connectivity index (χ2n) is 8.68. The summed E-state index contributed by atoms with van der Waals surface area (Å²) in [6, 6.07) is 17.6. The number of fused-ring (bicyclic) bond motifs is 1. The number of benzene rings is 3. The largest absolute Gasteiger partial charge is 0.489 e. The Morgan fingerprint density at radius 2 is 1.83 bits per heavy atom. The number of anilines is 2. The third-order valence-electron chi connectivity index (χ3n) is 6.06. The van der Waals surface area contributed by atoms with E-state index in [4.69, 9.17) is 21.1 Å². The molecule has 2 heterocycles. The average molecular weight is 529 g/mol. The van der Waals surface area contributed by atoms with Crippen molar-refractivity contribution in [3.05, 3.63) is 83.4 Å². The summed E-state index contributed by atoms with van der Waals surface area (Å²) in [6.07, 6.45) is 3.66. The third-order valence-corrected chi connectivity index (χ3v) is 6.36. The minimum Gasteiger partial charge on any atom is -0.489 e. The van der Waals surface area contributed by atoms with Gasteiger partial charge in [0.15, 0.2) is 0 Å². The first-order chi connectivity index (χ1) is 17.0. The van der Waals surface area contributed by atoms with Gasteiger partial charge in [0.05, 0.1) is 15.9 Å². The van der Waals surface area contributed by atoms with Gasteiger partial charge in [-0.2, -0.15) is 0 Å². The van der Waals surface area contributed by atoms with Gasteiger partial charge in [-0.15, -0.1) is 12.4 Å². The maximum atomic E-state index is 13.4. The SMILES string of the molecule is CN1CCC(Oc2cccc3ncnc(Nc4ccc(OCc5cccc(F)c5)c(Cl)c4)c23)CC1.Cl. The zero-order chi connectivity index (χ0) is 24.2. The summed E-state index contributed by atoms with van der Waals surface area (Å²) in [6.45, 7) is 2.25. The summed E-state index contributed by atoms with van der Waals surface area (Å²) in [7, 11) is 2.13. The monoisotopic (exact) mass is 528 g/mol. The number of nitrogens with one attached hydrogen (secondary N) is 1. The van der Waals surface area contributed by atoms with Crippen molar-refractivity contribution in [2.24, 2.45) is 0 Å². The van der Waals surface area contributed by atoms with Crippen molar-refractivity contribution in [1.82, 2.24) is 14.9 Å². The minimum atomic E-state index is -0.298. The predicted molar refractivity (Wildman–Crippen MR) is 143 cm³/mol. The Bertz CT molecular complexity index is 1330. The minimum absolute atomic E-state index is 0. The molecule has 0 spiro atoms. The van der Waals surface area contributed by atoms with Gasteiger partial charge in [-0.25, -0.2) is 14.4 Å². The number of hydrogen-bond acceptors (Lipinski definition) is 6. The van der Waals surface area contributed by atoms with Gasteiger partial charge in [-0.3, -0.25) is 0 Å². The maximum absolute atomic E-state index is 13.4. The number of nitrogens with zero attached hydrogens (tertiary/aromatic N) is 3. The molecule has 1 N–H and O–H groups in total. The molecule has 1 fully saturated rings. The summed E-state index contributed by atoms with van der Waals surface area (Å²) >= 11 is 6.48. The summed E-state index contributed by atoms with van der Waals surface area (Å²) in [4.78, 5) is 11.2. The van der Waals surface area contributed by atoms with E-state index in [2.05, 4.69) is 27.2 Å². The van der Waals surface area contributed by atoms with Crippen LogP contribution < -0.4 is 14.8 Å². The molecule has 1 saturated heterocycles. The van der Waals surface area contributed by atoms with Gasteiger partial charge in [0, 0.05) is 18.8 Å². The normalized spacial score (nSPS) is 14.3. The average Bonchev–Trinajstić information content (AvgIpc) is 2.85. The van der Waals surface area contributed by atoms with E-state index in [1.165, 1.54) is 18.5 Å². The van der Waals surface area contributed by atoms with E-state index in [9.17, 15) is 4.39 Å². The van der Waals surface area contributed by atoms with E-state index >= 15 is 0 Å². The molecule has 0 unspecified atom stereocenters. The molecule has 188 valence electrons. The van der Waals surface area contributed by atoms with Gasteiger partial charge in [0.1, 0.15) is 42.2 Å². The highest BCUT2D eigenvalue weighted by atomic mass is 35.5. The lowest BCUT2D eigenvalue weighted by atomic mass is 10.1. The number of aromatic nitrogens is 2. The molecule has 5 rings (SSSR count). The first kappa shape index (κ1) is 25.9. The Kier molecular flexibility index (Phi) is 8.46. The van der Waals surface area contributed by atoms with Crippen LogP contribution in [0.25, 0.3) is 10.9 Å². The highest BCUT2D eigenvalue weighted by Crippen LogP contribution is 2.35. The van der Waals surface area contributed by atoms with Crippen LogP contribution in [0.15, 0.2) is 67.0 Å². The second-order valence-corrected chi connectivity index (χ2v) is 9.09. The Morgan fingerprint density at radius 3 is 2.61 bits per heavy atom. The van der Waals surface area contributed by atoms with Crippen LogP contribution in [0.5, 0.6) is 11.5 Å². The number of halogens is 3. The summed E-state index contributed by atoms with van der Waals surface area (Å²) in [5.74, 6) is 1.62. The third kappa shape index (κ3) is 6.16. The fraction of sp³-hybridized carbons (Fsp3) is 0.259. The molecule has 0 bridgehead atoms. The summed E-state index contributed by atoms with van der Waals surface area (Å²) in [5, 5.41) is 4.62. The van der Waals surface area contributed by atoms with E-state index in [0.717, 1.165) is 53.8 Å². The van der Waals surface area contributed by atoms with E-state index in [1.807, 2.05) is 24.3 Å². The van der Waals surface area contributed by atoms with Crippen molar-refractivity contribution >= 4 is 46.4 Å². The standard InChI is InChI=1S/C27H26ClFN4O2.ClH/c1-33-12-10-21(11-13-33)35-25-7-3-6-23-26(25)27(31-17-30-23)32-20-8-9-24(22(28)15-20)34-16-18-4-2-5-19(29)14-18;/h2-9,14-15,17,21H,10-13,16H2,1H3,(H,30,31,32);1H. The molecule has 0 saturated carbocycles. The first-order valence-electron chi connectivity index (χ1n) is 11.6. The van der Waals surface area contributed by atoms with Crippen LogP contribution in [0.3, 0.4) is 0 Å². The van der Waals surface area contributed by atoms with Crippen LogP contribution in [0.1, 0.15) is 18.4 Å².